The number of aliphatic carboxylic acids is 2. The molecule has 2 rings (SSSR count). The Morgan fingerprint density at radius 2 is 1.62 bits per heavy atom. The summed E-state index contributed by atoms with van der Waals surface area (Å²) < 4.78 is 8.63. The monoisotopic (exact) mass is 371 g/mol. The number of nitrogens with two attached hydrogens (primary N) is 1. The minimum absolute atomic E-state index is 0.912. The van der Waals surface area contributed by atoms with Gasteiger partial charge in [-0.25, -0.2) is 19.2 Å². The van der Waals surface area contributed by atoms with E-state index < -0.39 is 75.6 Å². The highest BCUT2D eigenvalue weighted by Crippen LogP contribution is 2.50. The fourth-order valence-electron chi connectivity index (χ4n) is 2.07. The number of carboxylic acids is 2. The number of rotatable bonds is 2. The highest BCUT2D eigenvalue weighted by molar-refractivity contribution is 6.31. The Bertz CT molecular complexity index is 899. The van der Waals surface area contributed by atoms with Crippen molar-refractivity contribution in [1.29, 1.82) is 0 Å². The number of carbonyl (C=O) groups is 4. The molecule has 13 nitrogen and oxygen atoms in total. The fourth-order valence-corrected chi connectivity index (χ4v) is 2.07. The number of aliphatic hydroxyl groups excluding tert-OH is 2. The van der Waals surface area contributed by atoms with E-state index in [0.717, 1.165) is 0 Å². The third kappa shape index (κ3) is 2.67. The summed E-state index contributed by atoms with van der Waals surface area (Å²) in [5.74, 6) is -12.6. The maximum absolute atomic E-state index is 12.0. The number of anilines is 1. The third-order valence-electron chi connectivity index (χ3n) is 3.20. The molecule has 0 spiro atoms. The number of phenols is 2. The van der Waals surface area contributed by atoms with Gasteiger partial charge in [0.2, 0.25) is 6.29 Å². The van der Waals surface area contributed by atoms with Crippen molar-refractivity contribution in [3.63, 3.8) is 0 Å². The van der Waals surface area contributed by atoms with Crippen LogP contribution in [-0.2, 0) is 19.1 Å². The molecule has 0 fully saturated rings. The smallest absolute Gasteiger partial charge is 0.425 e. The quantitative estimate of drug-likeness (QED) is 0.103. The number of aromatic hydroxyl groups is 2. The number of carboxylic acid groups (broad SMARTS) is 2. The lowest BCUT2D eigenvalue weighted by molar-refractivity contribution is -0.160. The van der Waals surface area contributed by atoms with Gasteiger partial charge >= 0.3 is 23.9 Å². The number of esters is 2. The van der Waals surface area contributed by atoms with Gasteiger partial charge in [-0.1, -0.05) is 0 Å². The summed E-state index contributed by atoms with van der Waals surface area (Å²) in [6.07, 6.45) is -2.29. The SMILES string of the molecule is Nc1c(O)c2c(c(C(=O)OC(=O)C(=O)O)c1O)C(O)=C(C(=O)O)C(O)O2. The first-order valence-corrected chi connectivity index (χ1v) is 6.37. The largest absolute Gasteiger partial charge is 0.506 e. The van der Waals surface area contributed by atoms with Crippen LogP contribution in [0.2, 0.25) is 0 Å². The second-order valence-electron chi connectivity index (χ2n) is 4.71. The van der Waals surface area contributed by atoms with Crippen molar-refractivity contribution in [1.82, 2.24) is 0 Å². The van der Waals surface area contributed by atoms with E-state index in [1.807, 2.05) is 0 Å². The minimum atomic E-state index is -2.29. The summed E-state index contributed by atoms with van der Waals surface area (Å²) in [4.78, 5) is 44.6. The molecular formula is C13H9NO12. The second kappa shape index (κ2) is 6.14. The third-order valence-corrected chi connectivity index (χ3v) is 3.20. The molecule has 26 heavy (non-hydrogen) atoms. The molecule has 13 heteroatoms. The molecule has 0 aliphatic carbocycles. The normalized spacial score (nSPS) is 15.7. The molecule has 1 heterocycles. The Balaban J connectivity index is 2.81. The zero-order valence-corrected chi connectivity index (χ0v) is 12.3. The van der Waals surface area contributed by atoms with Gasteiger partial charge in [0.1, 0.15) is 22.6 Å². The van der Waals surface area contributed by atoms with Crippen LogP contribution in [0.3, 0.4) is 0 Å². The van der Waals surface area contributed by atoms with Crippen LogP contribution >= 0.6 is 0 Å². The zero-order valence-electron chi connectivity index (χ0n) is 12.3. The van der Waals surface area contributed by atoms with Crippen LogP contribution in [0.1, 0.15) is 15.9 Å². The Labute approximate surface area is 141 Å². The van der Waals surface area contributed by atoms with Gasteiger partial charge in [0.25, 0.3) is 0 Å². The summed E-state index contributed by atoms with van der Waals surface area (Å²) in [7, 11) is 0. The molecule has 1 aliphatic rings. The number of hydrogen-bond donors (Lipinski definition) is 7. The van der Waals surface area contributed by atoms with Crippen molar-refractivity contribution < 1.29 is 59.3 Å². The van der Waals surface area contributed by atoms with Crippen molar-refractivity contribution in [2.75, 3.05) is 5.73 Å². The second-order valence-corrected chi connectivity index (χ2v) is 4.71. The molecule has 0 saturated heterocycles. The number of fused-ring (bicyclic) bond motifs is 1. The molecule has 0 bridgehead atoms. The van der Waals surface area contributed by atoms with Gasteiger partial charge < -0.3 is 45.8 Å². The van der Waals surface area contributed by atoms with Gasteiger partial charge in [-0.2, -0.15) is 0 Å². The molecule has 1 aromatic rings. The minimum Gasteiger partial charge on any atom is -0.506 e. The Kier molecular flexibility index (Phi) is 4.33. The van der Waals surface area contributed by atoms with Gasteiger partial charge in [-0.05, 0) is 0 Å². The van der Waals surface area contributed by atoms with Crippen LogP contribution in [0, 0.1) is 0 Å². The molecule has 1 aliphatic heterocycles. The van der Waals surface area contributed by atoms with Crippen LogP contribution < -0.4 is 10.5 Å². The summed E-state index contributed by atoms with van der Waals surface area (Å²) in [6, 6.07) is 0. The lowest BCUT2D eigenvalue weighted by atomic mass is 9.96. The van der Waals surface area contributed by atoms with E-state index in [-0.39, 0.29) is 0 Å². The Hall–Kier alpha value is -4.00. The van der Waals surface area contributed by atoms with Crippen LogP contribution in [0.4, 0.5) is 5.69 Å². The Morgan fingerprint density at radius 3 is 2.12 bits per heavy atom. The van der Waals surface area contributed by atoms with Crippen LogP contribution in [-0.4, -0.2) is 60.8 Å². The van der Waals surface area contributed by atoms with Crippen LogP contribution in [0.25, 0.3) is 5.76 Å². The zero-order chi connectivity index (χ0) is 19.9. The van der Waals surface area contributed by atoms with E-state index in [1.54, 1.807) is 0 Å². The van der Waals surface area contributed by atoms with E-state index in [0.29, 0.717) is 0 Å². The number of benzene rings is 1. The average Bonchev–Trinajstić information content (AvgIpc) is 2.53. The van der Waals surface area contributed by atoms with Crippen molar-refractivity contribution in [2.24, 2.45) is 0 Å². The number of carbonyl (C=O) groups excluding carboxylic acids is 2. The van der Waals surface area contributed by atoms with Gasteiger partial charge in [0, 0.05) is 0 Å². The maximum atomic E-state index is 12.0. The highest BCUT2D eigenvalue weighted by atomic mass is 16.6. The Morgan fingerprint density at radius 1 is 1.04 bits per heavy atom. The molecule has 0 amide bonds. The van der Waals surface area contributed by atoms with E-state index in [4.69, 9.17) is 20.7 Å². The predicted molar refractivity (Wildman–Crippen MR) is 76.1 cm³/mol. The standard InChI is InChI=1S/C13H9NO12/c14-4-6(16)2(11(22)26-13(24)10(20)21)1-5(15)3(9(18)19)12(23)25-8(1)7(4)17/h12,15-17,23H,14H2,(H,18,19)(H,20,21). The maximum Gasteiger partial charge on any atom is 0.425 e. The van der Waals surface area contributed by atoms with Crippen molar-refractivity contribution >= 4 is 35.3 Å². The van der Waals surface area contributed by atoms with E-state index in [1.165, 1.54) is 0 Å². The van der Waals surface area contributed by atoms with Crippen molar-refractivity contribution in [3.05, 3.63) is 16.7 Å². The highest BCUT2D eigenvalue weighted by Gasteiger charge is 2.40. The first kappa shape index (κ1) is 18.3. The topological polar surface area (TPSA) is 234 Å². The number of nitrogen functional groups attached to an aromatic ring is 1. The van der Waals surface area contributed by atoms with Gasteiger partial charge in [0.15, 0.2) is 17.2 Å². The predicted octanol–water partition coefficient (Wildman–Crippen LogP) is -1.49. The van der Waals surface area contributed by atoms with Crippen LogP contribution in [0.5, 0.6) is 17.2 Å². The van der Waals surface area contributed by atoms with Crippen LogP contribution in [0.15, 0.2) is 5.57 Å². The molecule has 1 atom stereocenters. The summed E-state index contributed by atoms with van der Waals surface area (Å²) in [5, 5.41) is 56.9. The lowest BCUT2D eigenvalue weighted by Crippen LogP contribution is -2.30. The van der Waals surface area contributed by atoms with Gasteiger partial charge in [-0.3, -0.25) is 0 Å². The number of aliphatic hydroxyl groups is 2. The lowest BCUT2D eigenvalue weighted by Gasteiger charge is -2.26. The number of hydrogen-bond acceptors (Lipinski definition) is 11. The van der Waals surface area contributed by atoms with E-state index >= 15 is 0 Å². The molecule has 1 aromatic carbocycles. The van der Waals surface area contributed by atoms with Crippen molar-refractivity contribution in [2.45, 2.75) is 6.29 Å². The van der Waals surface area contributed by atoms with Gasteiger partial charge in [0.05, 0.1) is 5.56 Å². The first-order valence-electron chi connectivity index (χ1n) is 6.37. The molecule has 1 unspecified atom stereocenters. The summed E-state index contributed by atoms with van der Waals surface area (Å²) >= 11 is 0. The molecular weight excluding hydrogens is 362 g/mol. The van der Waals surface area contributed by atoms with Gasteiger partial charge in [-0.15, -0.1) is 0 Å². The number of ether oxygens (including phenoxy) is 2. The molecule has 0 radical (unpaired) electrons. The van der Waals surface area contributed by atoms with E-state index in [2.05, 4.69) is 4.74 Å². The number of phenolic OH excluding ortho intramolecular Hbond substituents is 2. The molecule has 0 saturated carbocycles. The molecule has 8 N–H and O–H groups in total. The summed E-state index contributed by atoms with van der Waals surface area (Å²) in [5.41, 5.74) is 1.08. The molecule has 138 valence electrons. The average molecular weight is 371 g/mol. The van der Waals surface area contributed by atoms with E-state index in [9.17, 15) is 39.6 Å². The van der Waals surface area contributed by atoms with Crippen molar-refractivity contribution in [3.8, 4) is 17.2 Å². The fraction of sp³-hybridized carbons (Fsp3) is 0.0769. The molecule has 0 aromatic heterocycles. The first-order chi connectivity index (χ1) is 12.0. The summed E-state index contributed by atoms with van der Waals surface area (Å²) in [6.45, 7) is 0.